The first-order valence-electron chi connectivity index (χ1n) is 12.8. The first kappa shape index (κ1) is 26.1. The average molecular weight is 442 g/mol. The van der Waals surface area contributed by atoms with E-state index in [9.17, 15) is 9.59 Å². The number of hydrogen-bond acceptors (Lipinski definition) is 3. The number of nitrogens with zero attached hydrogens (tertiary/aromatic N) is 1. The minimum Gasteiger partial charge on any atom is -0.326 e. The van der Waals surface area contributed by atoms with Gasteiger partial charge in [0.2, 0.25) is 11.8 Å². The first-order chi connectivity index (χ1) is 15.6. The van der Waals surface area contributed by atoms with Crippen molar-refractivity contribution in [3.8, 4) is 0 Å². The highest BCUT2D eigenvalue weighted by molar-refractivity contribution is 6.00. The lowest BCUT2D eigenvalue weighted by molar-refractivity contribution is -0.121. The zero-order chi connectivity index (χ0) is 23.0. The monoisotopic (exact) mass is 441 g/mol. The molecule has 0 radical (unpaired) electrons. The van der Waals surface area contributed by atoms with E-state index in [4.69, 9.17) is 0 Å². The molecule has 0 aromatic heterocycles. The van der Waals surface area contributed by atoms with Crippen LogP contribution in [0.15, 0.2) is 29.4 Å². The average Bonchev–Trinajstić information content (AvgIpc) is 2.82. The second-order valence-electron chi connectivity index (χ2n) is 9.21. The number of unbranched alkanes of at least 4 members (excludes halogenated alkanes) is 8. The topological polar surface area (TPSA) is 70.6 Å². The maximum absolute atomic E-state index is 12.4. The van der Waals surface area contributed by atoms with E-state index >= 15 is 0 Å². The highest BCUT2D eigenvalue weighted by Crippen LogP contribution is 2.25. The molecule has 5 heteroatoms. The molecule has 1 saturated carbocycles. The highest BCUT2D eigenvalue weighted by Gasteiger charge is 2.20. The number of hydrogen-bond donors (Lipinski definition) is 2. The van der Waals surface area contributed by atoms with Crippen LogP contribution in [-0.2, 0) is 9.59 Å². The predicted octanol–water partition coefficient (Wildman–Crippen LogP) is 6.97. The molecule has 2 N–H and O–H groups in total. The molecule has 0 aliphatic heterocycles. The van der Waals surface area contributed by atoms with Crippen LogP contribution >= 0.6 is 0 Å². The Hall–Kier alpha value is -2.17. The van der Waals surface area contributed by atoms with Gasteiger partial charge in [-0.2, -0.15) is 5.10 Å². The first-order valence-corrected chi connectivity index (χ1v) is 12.8. The zero-order valence-corrected chi connectivity index (χ0v) is 20.3. The van der Waals surface area contributed by atoms with Gasteiger partial charge in [0.05, 0.1) is 5.71 Å². The molecule has 1 aliphatic rings. The Morgan fingerprint density at radius 2 is 1.47 bits per heavy atom. The Labute approximate surface area is 194 Å². The molecule has 0 atom stereocenters. The minimum absolute atomic E-state index is 0.0244. The highest BCUT2D eigenvalue weighted by atomic mass is 16.2. The van der Waals surface area contributed by atoms with Gasteiger partial charge in [-0.3, -0.25) is 9.59 Å². The van der Waals surface area contributed by atoms with Crippen molar-refractivity contribution in [1.29, 1.82) is 0 Å². The quantitative estimate of drug-likeness (QED) is 0.186. The Morgan fingerprint density at radius 3 is 2.09 bits per heavy atom. The van der Waals surface area contributed by atoms with Gasteiger partial charge in [0.25, 0.3) is 0 Å². The number of amides is 2. The zero-order valence-electron chi connectivity index (χ0n) is 20.3. The fourth-order valence-corrected chi connectivity index (χ4v) is 4.27. The largest absolute Gasteiger partial charge is 0.326 e. The molecule has 0 spiro atoms. The van der Waals surface area contributed by atoms with Crippen molar-refractivity contribution in [2.75, 3.05) is 5.32 Å². The van der Waals surface area contributed by atoms with E-state index in [1.54, 1.807) is 0 Å². The van der Waals surface area contributed by atoms with Crippen molar-refractivity contribution >= 4 is 23.2 Å². The number of anilines is 1. The van der Waals surface area contributed by atoms with E-state index in [-0.39, 0.29) is 17.7 Å². The third-order valence-electron chi connectivity index (χ3n) is 6.40. The van der Waals surface area contributed by atoms with Gasteiger partial charge < -0.3 is 5.32 Å². The molecule has 2 amide bonds. The fraction of sp³-hybridized carbons (Fsp3) is 0.667. The summed E-state index contributed by atoms with van der Waals surface area (Å²) >= 11 is 0. The summed E-state index contributed by atoms with van der Waals surface area (Å²) in [6.07, 6.45) is 17.2. The van der Waals surface area contributed by atoms with Crippen LogP contribution in [0.3, 0.4) is 0 Å². The second-order valence-corrected chi connectivity index (χ2v) is 9.21. The van der Waals surface area contributed by atoms with E-state index in [0.717, 1.165) is 55.5 Å². The summed E-state index contributed by atoms with van der Waals surface area (Å²) in [5.74, 6) is 0.253. The summed E-state index contributed by atoms with van der Waals surface area (Å²) in [6.45, 7) is 4.13. The fourth-order valence-electron chi connectivity index (χ4n) is 4.27. The summed E-state index contributed by atoms with van der Waals surface area (Å²) < 4.78 is 0. The predicted molar refractivity (Wildman–Crippen MR) is 134 cm³/mol. The van der Waals surface area contributed by atoms with Crippen molar-refractivity contribution < 1.29 is 9.59 Å². The van der Waals surface area contributed by atoms with Crippen LogP contribution in [-0.4, -0.2) is 17.5 Å². The summed E-state index contributed by atoms with van der Waals surface area (Å²) in [4.78, 5) is 24.4. The van der Waals surface area contributed by atoms with E-state index in [0.29, 0.717) is 6.42 Å². The lowest BCUT2D eigenvalue weighted by atomic mass is 9.88. The van der Waals surface area contributed by atoms with Crippen molar-refractivity contribution in [2.24, 2.45) is 11.0 Å². The molecule has 5 nitrogen and oxygen atoms in total. The molecule has 0 saturated heterocycles. The summed E-state index contributed by atoms with van der Waals surface area (Å²) in [5, 5.41) is 7.27. The maximum Gasteiger partial charge on any atom is 0.240 e. The van der Waals surface area contributed by atoms with Gasteiger partial charge in [-0.05, 0) is 43.9 Å². The third kappa shape index (κ3) is 10.4. The standard InChI is InChI=1S/C27H43N3O2/c1-3-4-5-6-7-8-9-10-14-17-26(31)30-29-22(2)23-18-20-25(21-19-23)28-27(32)24-15-12-11-13-16-24/h18-21,24H,3-17H2,1-2H3,(H,28,32)(H,30,31). The van der Waals surface area contributed by atoms with E-state index in [1.807, 2.05) is 31.2 Å². The molecule has 0 bridgehead atoms. The molecule has 2 rings (SSSR count). The summed E-state index contributed by atoms with van der Waals surface area (Å²) in [5.41, 5.74) is 5.18. The van der Waals surface area contributed by atoms with Gasteiger partial charge in [0.1, 0.15) is 0 Å². The van der Waals surface area contributed by atoms with Crippen LogP contribution in [0.5, 0.6) is 0 Å². The van der Waals surface area contributed by atoms with Gasteiger partial charge in [-0.1, -0.05) is 89.7 Å². The number of hydrazone groups is 1. The smallest absolute Gasteiger partial charge is 0.240 e. The molecule has 0 unspecified atom stereocenters. The molecule has 178 valence electrons. The van der Waals surface area contributed by atoms with Gasteiger partial charge in [-0.25, -0.2) is 5.43 Å². The number of rotatable bonds is 14. The molecular weight excluding hydrogens is 398 g/mol. The lowest BCUT2D eigenvalue weighted by Crippen LogP contribution is -2.24. The number of carbonyl (C=O) groups excluding carboxylic acids is 2. The van der Waals surface area contributed by atoms with E-state index in [1.165, 1.54) is 51.4 Å². The van der Waals surface area contributed by atoms with Crippen LogP contribution in [0.2, 0.25) is 0 Å². The lowest BCUT2D eigenvalue weighted by Gasteiger charge is -2.20. The molecule has 32 heavy (non-hydrogen) atoms. The van der Waals surface area contributed by atoms with Crippen molar-refractivity contribution in [3.05, 3.63) is 29.8 Å². The van der Waals surface area contributed by atoms with Crippen molar-refractivity contribution in [3.63, 3.8) is 0 Å². The van der Waals surface area contributed by atoms with E-state index in [2.05, 4.69) is 22.8 Å². The second kappa shape index (κ2) is 15.6. The van der Waals surface area contributed by atoms with Crippen molar-refractivity contribution in [2.45, 2.75) is 110 Å². The van der Waals surface area contributed by atoms with Crippen LogP contribution < -0.4 is 10.7 Å². The van der Waals surface area contributed by atoms with Crippen LogP contribution in [0.4, 0.5) is 5.69 Å². The van der Waals surface area contributed by atoms with Crippen LogP contribution in [0.1, 0.15) is 116 Å². The molecule has 0 heterocycles. The van der Waals surface area contributed by atoms with Gasteiger partial charge >= 0.3 is 0 Å². The Kier molecular flexibility index (Phi) is 12.7. The Bertz CT molecular complexity index is 706. The summed E-state index contributed by atoms with van der Waals surface area (Å²) in [6, 6.07) is 7.67. The van der Waals surface area contributed by atoms with Crippen LogP contribution in [0.25, 0.3) is 0 Å². The van der Waals surface area contributed by atoms with Gasteiger partial charge in [-0.15, -0.1) is 0 Å². The third-order valence-corrected chi connectivity index (χ3v) is 6.40. The minimum atomic E-state index is -0.0244. The van der Waals surface area contributed by atoms with Gasteiger partial charge in [0, 0.05) is 18.0 Å². The van der Waals surface area contributed by atoms with Crippen LogP contribution in [0, 0.1) is 5.92 Å². The molecule has 1 aromatic rings. The normalized spacial score (nSPS) is 14.9. The molecule has 1 aliphatic carbocycles. The number of carbonyl (C=O) groups is 2. The number of nitrogens with one attached hydrogen (secondary N) is 2. The van der Waals surface area contributed by atoms with E-state index < -0.39 is 0 Å². The SMILES string of the molecule is CCCCCCCCCCCC(=O)NN=C(C)c1ccc(NC(=O)C2CCCCC2)cc1. The molecule has 1 aromatic carbocycles. The molecule has 1 fully saturated rings. The maximum atomic E-state index is 12.4. The summed E-state index contributed by atoms with van der Waals surface area (Å²) in [7, 11) is 0. The van der Waals surface area contributed by atoms with Gasteiger partial charge in [0.15, 0.2) is 0 Å². The Morgan fingerprint density at radius 1 is 0.875 bits per heavy atom. The molecular formula is C27H43N3O2. The number of benzene rings is 1. The Balaban J connectivity index is 1.63. The van der Waals surface area contributed by atoms with Crippen molar-refractivity contribution in [1.82, 2.24) is 5.43 Å².